The predicted molar refractivity (Wildman–Crippen MR) is 95.7 cm³/mol. The van der Waals surface area contributed by atoms with Crippen LogP contribution in [0.3, 0.4) is 0 Å². The van der Waals surface area contributed by atoms with Crippen molar-refractivity contribution in [3.63, 3.8) is 0 Å². The standard InChI is InChI=1S/C14H18N2O3S2.C2HF3O2/c17-21(18,12-4-5-12)16-9-14(10-16)7-11(8-20-14)19-13-3-1-2-6-15-13;3-2(4,5)1(6)7/h1-3,6,11-12H,4-5,7-10H2;(H,6,7). The van der Waals surface area contributed by atoms with Crippen LogP contribution >= 0.6 is 11.8 Å². The van der Waals surface area contributed by atoms with E-state index in [1.807, 2.05) is 30.0 Å². The third-order valence-electron chi connectivity index (χ3n) is 4.58. The summed E-state index contributed by atoms with van der Waals surface area (Å²) in [5.74, 6) is -1.19. The van der Waals surface area contributed by atoms with Gasteiger partial charge in [-0.05, 0) is 18.9 Å². The Morgan fingerprint density at radius 1 is 1.32 bits per heavy atom. The number of carbonyl (C=O) groups is 1. The van der Waals surface area contributed by atoms with Crippen LogP contribution in [0.5, 0.6) is 5.88 Å². The molecule has 1 saturated carbocycles. The molecule has 0 aromatic carbocycles. The number of aliphatic carboxylic acids is 1. The number of halogens is 3. The SMILES string of the molecule is O=C(O)C(F)(F)F.O=S(=O)(C1CC1)N1CC2(CC(Oc3ccccn3)CS2)C1. The summed E-state index contributed by atoms with van der Waals surface area (Å²) in [6, 6.07) is 5.64. The van der Waals surface area contributed by atoms with Gasteiger partial charge in [0, 0.05) is 42.3 Å². The Morgan fingerprint density at radius 3 is 2.46 bits per heavy atom. The molecule has 0 amide bonds. The van der Waals surface area contributed by atoms with Gasteiger partial charge in [-0.2, -0.15) is 17.5 Å². The zero-order valence-corrected chi connectivity index (χ0v) is 16.3. The minimum absolute atomic E-state index is 0.0708. The average molecular weight is 440 g/mol. The first-order valence-electron chi connectivity index (χ1n) is 8.53. The highest BCUT2D eigenvalue weighted by atomic mass is 32.2. The van der Waals surface area contributed by atoms with Crippen molar-refractivity contribution >= 4 is 27.8 Å². The molecule has 3 fully saturated rings. The second-order valence-corrected chi connectivity index (χ2v) is 10.6. The van der Waals surface area contributed by atoms with Crippen LogP contribution in [0.1, 0.15) is 19.3 Å². The summed E-state index contributed by atoms with van der Waals surface area (Å²) in [5.41, 5.74) is 0. The first kappa shape index (κ1) is 21.2. The smallest absolute Gasteiger partial charge is 0.475 e. The van der Waals surface area contributed by atoms with Crippen molar-refractivity contribution < 1.29 is 36.2 Å². The van der Waals surface area contributed by atoms with Crippen LogP contribution in [0.2, 0.25) is 0 Å². The van der Waals surface area contributed by atoms with E-state index in [-0.39, 0.29) is 16.1 Å². The van der Waals surface area contributed by atoms with Gasteiger partial charge in [0.15, 0.2) is 0 Å². The zero-order valence-electron chi connectivity index (χ0n) is 14.6. The molecule has 1 unspecified atom stereocenters. The minimum atomic E-state index is -5.08. The Hall–Kier alpha value is -1.53. The number of hydrogen-bond donors (Lipinski definition) is 1. The molecule has 1 aromatic heterocycles. The number of aromatic nitrogens is 1. The van der Waals surface area contributed by atoms with Gasteiger partial charge in [-0.1, -0.05) is 6.07 Å². The molecule has 1 N–H and O–H groups in total. The maximum absolute atomic E-state index is 12.2. The van der Waals surface area contributed by atoms with E-state index in [0.29, 0.717) is 19.0 Å². The van der Waals surface area contributed by atoms with Crippen LogP contribution in [-0.2, 0) is 14.8 Å². The van der Waals surface area contributed by atoms with E-state index in [1.165, 1.54) is 0 Å². The lowest BCUT2D eigenvalue weighted by Crippen LogP contribution is -2.61. The maximum Gasteiger partial charge on any atom is 0.490 e. The molecule has 1 atom stereocenters. The fourth-order valence-corrected chi connectivity index (χ4v) is 6.73. The summed E-state index contributed by atoms with van der Waals surface area (Å²) in [4.78, 5) is 13.1. The topological polar surface area (TPSA) is 96.8 Å². The van der Waals surface area contributed by atoms with Gasteiger partial charge in [0.1, 0.15) is 6.10 Å². The Morgan fingerprint density at radius 2 is 1.96 bits per heavy atom. The van der Waals surface area contributed by atoms with Gasteiger partial charge in [-0.25, -0.2) is 18.2 Å². The second-order valence-electron chi connectivity index (χ2n) is 6.92. The van der Waals surface area contributed by atoms with Crippen LogP contribution in [0.15, 0.2) is 24.4 Å². The molecule has 1 spiro atoms. The summed E-state index contributed by atoms with van der Waals surface area (Å²) in [7, 11) is -3.00. The lowest BCUT2D eigenvalue weighted by Gasteiger charge is -2.46. The number of carboxylic acid groups (broad SMARTS) is 1. The number of rotatable bonds is 4. The number of nitrogens with zero attached hydrogens (tertiary/aromatic N) is 2. The van der Waals surface area contributed by atoms with Crippen LogP contribution in [0, 0.1) is 0 Å². The van der Waals surface area contributed by atoms with Crippen molar-refractivity contribution in [2.75, 3.05) is 18.8 Å². The van der Waals surface area contributed by atoms with Gasteiger partial charge in [0.05, 0.1) is 5.25 Å². The van der Waals surface area contributed by atoms with Crippen LogP contribution in [0.25, 0.3) is 0 Å². The Bertz CT molecular complexity index is 809. The number of ether oxygens (including phenoxy) is 1. The van der Waals surface area contributed by atoms with Crippen molar-refractivity contribution in [3.8, 4) is 5.88 Å². The van der Waals surface area contributed by atoms with Gasteiger partial charge in [0.2, 0.25) is 15.9 Å². The fourth-order valence-electron chi connectivity index (χ4n) is 3.04. The number of alkyl halides is 3. The van der Waals surface area contributed by atoms with Crippen molar-refractivity contribution in [3.05, 3.63) is 24.4 Å². The lowest BCUT2D eigenvalue weighted by molar-refractivity contribution is -0.192. The monoisotopic (exact) mass is 440 g/mol. The summed E-state index contributed by atoms with van der Waals surface area (Å²) in [5, 5.41) is 7.03. The quantitative estimate of drug-likeness (QED) is 0.766. The number of pyridine rings is 1. The van der Waals surface area contributed by atoms with Crippen LogP contribution < -0.4 is 4.74 Å². The molecular formula is C16H19F3N2O5S2. The number of thioether (sulfide) groups is 1. The molecular weight excluding hydrogens is 421 g/mol. The Kier molecular flexibility index (Phi) is 5.84. The molecule has 3 heterocycles. The zero-order chi connectivity index (χ0) is 20.6. The largest absolute Gasteiger partial charge is 0.490 e. The van der Waals surface area contributed by atoms with E-state index < -0.39 is 22.2 Å². The van der Waals surface area contributed by atoms with E-state index in [0.717, 1.165) is 25.0 Å². The summed E-state index contributed by atoms with van der Waals surface area (Å²) in [6.07, 6.45) is -0.643. The van der Waals surface area contributed by atoms with Gasteiger partial charge >= 0.3 is 12.1 Å². The van der Waals surface area contributed by atoms with E-state index in [9.17, 15) is 21.6 Å². The van der Waals surface area contributed by atoms with Crippen LogP contribution in [0.4, 0.5) is 13.2 Å². The Balaban J connectivity index is 0.000000279. The number of hydrogen-bond acceptors (Lipinski definition) is 6. The first-order chi connectivity index (χ1) is 13.0. The van der Waals surface area contributed by atoms with E-state index >= 15 is 0 Å². The highest BCUT2D eigenvalue weighted by molar-refractivity contribution is 8.01. The predicted octanol–water partition coefficient (Wildman–Crippen LogP) is 2.15. The molecule has 1 aromatic rings. The molecule has 2 saturated heterocycles. The van der Waals surface area contributed by atoms with Gasteiger partial charge < -0.3 is 9.84 Å². The number of carboxylic acids is 1. The molecule has 12 heteroatoms. The lowest BCUT2D eigenvalue weighted by atomic mass is 9.95. The molecule has 156 valence electrons. The van der Waals surface area contributed by atoms with Crippen molar-refractivity contribution in [1.82, 2.24) is 9.29 Å². The summed E-state index contributed by atoms with van der Waals surface area (Å²) < 4.78 is 63.7. The molecule has 3 aliphatic rings. The molecule has 0 radical (unpaired) electrons. The van der Waals surface area contributed by atoms with Gasteiger partial charge in [-0.15, -0.1) is 11.8 Å². The molecule has 2 aliphatic heterocycles. The normalized spacial score (nSPS) is 24.2. The maximum atomic E-state index is 12.2. The van der Waals surface area contributed by atoms with Gasteiger partial charge in [-0.3, -0.25) is 0 Å². The molecule has 1 aliphatic carbocycles. The first-order valence-corrected chi connectivity index (χ1v) is 11.0. The molecule has 4 rings (SSSR count). The summed E-state index contributed by atoms with van der Waals surface area (Å²) in [6.45, 7) is 1.30. The Labute approximate surface area is 164 Å². The molecule has 7 nitrogen and oxygen atoms in total. The highest BCUT2D eigenvalue weighted by Gasteiger charge is 2.55. The molecule has 0 bridgehead atoms. The van der Waals surface area contributed by atoms with E-state index in [1.54, 1.807) is 10.5 Å². The average Bonchev–Trinajstić information content (AvgIpc) is 3.36. The third-order valence-corrected chi connectivity index (χ3v) is 8.44. The third kappa shape index (κ3) is 4.90. The molecule has 28 heavy (non-hydrogen) atoms. The van der Waals surface area contributed by atoms with E-state index in [4.69, 9.17) is 14.6 Å². The fraction of sp³-hybridized carbons (Fsp3) is 0.625. The number of sulfonamides is 1. The summed E-state index contributed by atoms with van der Waals surface area (Å²) >= 11 is 1.85. The van der Waals surface area contributed by atoms with Crippen molar-refractivity contribution in [1.29, 1.82) is 0 Å². The highest BCUT2D eigenvalue weighted by Crippen LogP contribution is 2.48. The second kappa shape index (κ2) is 7.71. The minimum Gasteiger partial charge on any atom is -0.475 e. The van der Waals surface area contributed by atoms with Crippen molar-refractivity contribution in [2.45, 2.75) is 41.5 Å². The van der Waals surface area contributed by atoms with Crippen LogP contribution in [-0.4, -0.2) is 69.9 Å². The van der Waals surface area contributed by atoms with Gasteiger partial charge in [0.25, 0.3) is 0 Å². The van der Waals surface area contributed by atoms with Crippen molar-refractivity contribution in [2.24, 2.45) is 0 Å². The van der Waals surface area contributed by atoms with E-state index in [2.05, 4.69) is 4.98 Å².